The molecule has 1 aromatic rings. The number of thiocarbonyl (C=S) groups is 1. The molecule has 1 aromatic carbocycles. The summed E-state index contributed by atoms with van der Waals surface area (Å²) in [6.45, 7) is 4.14. The second-order valence-electron chi connectivity index (χ2n) is 4.43. The van der Waals surface area contributed by atoms with E-state index >= 15 is 0 Å². The van der Waals surface area contributed by atoms with Crippen LogP contribution in [-0.2, 0) is 16.0 Å². The minimum absolute atomic E-state index is 0.318. The monoisotopic (exact) mass is 295 g/mol. The van der Waals surface area contributed by atoms with Gasteiger partial charge in [-0.3, -0.25) is 0 Å². The van der Waals surface area contributed by atoms with Crippen molar-refractivity contribution in [3.8, 4) is 5.75 Å². The highest BCUT2D eigenvalue weighted by molar-refractivity contribution is 7.80. The van der Waals surface area contributed by atoms with E-state index in [1.54, 1.807) is 6.92 Å². The molecule has 1 rings (SSSR count). The van der Waals surface area contributed by atoms with Gasteiger partial charge >= 0.3 is 5.97 Å². The van der Waals surface area contributed by atoms with E-state index in [-0.39, 0.29) is 5.97 Å². The molecule has 0 aliphatic rings. The molecule has 0 amide bonds. The highest BCUT2D eigenvalue weighted by Crippen LogP contribution is 2.17. The van der Waals surface area contributed by atoms with Crippen LogP contribution in [0, 0.1) is 0 Å². The van der Waals surface area contributed by atoms with E-state index in [9.17, 15) is 4.79 Å². The maximum absolute atomic E-state index is 11.8. The lowest BCUT2D eigenvalue weighted by molar-refractivity contribution is -0.151. The topological polar surface area (TPSA) is 61.5 Å². The van der Waals surface area contributed by atoms with Crippen molar-refractivity contribution in [2.45, 2.75) is 39.2 Å². The van der Waals surface area contributed by atoms with Crippen molar-refractivity contribution < 1.29 is 14.3 Å². The summed E-state index contributed by atoms with van der Waals surface area (Å²) in [6, 6.07) is 7.41. The van der Waals surface area contributed by atoms with Gasteiger partial charge in [-0.25, -0.2) is 4.79 Å². The molecule has 0 heterocycles. The summed E-state index contributed by atoms with van der Waals surface area (Å²) in [5.74, 6) is 0.324. The Bertz CT molecular complexity index is 445. The molecule has 0 bridgehead atoms. The maximum Gasteiger partial charge on any atom is 0.347 e. The molecule has 2 N–H and O–H groups in total. The van der Waals surface area contributed by atoms with Gasteiger partial charge < -0.3 is 15.2 Å². The van der Waals surface area contributed by atoms with Crippen LogP contribution < -0.4 is 10.5 Å². The fraction of sp³-hybridized carbons (Fsp3) is 0.467. The Balaban J connectivity index is 2.68. The first-order valence-electron chi connectivity index (χ1n) is 6.77. The van der Waals surface area contributed by atoms with Crippen molar-refractivity contribution in [2.24, 2.45) is 5.73 Å². The number of benzene rings is 1. The van der Waals surface area contributed by atoms with Crippen LogP contribution in [0.25, 0.3) is 0 Å². The third kappa shape index (κ3) is 5.57. The summed E-state index contributed by atoms with van der Waals surface area (Å²) in [5.41, 5.74) is 6.52. The Labute approximate surface area is 125 Å². The summed E-state index contributed by atoms with van der Waals surface area (Å²) in [5, 5.41) is 0. The minimum Gasteiger partial charge on any atom is -0.479 e. The maximum atomic E-state index is 11.8. The first kappa shape index (κ1) is 16.4. The first-order chi connectivity index (χ1) is 9.56. The minimum atomic E-state index is -0.554. The number of esters is 1. The molecule has 0 saturated carbocycles. The molecule has 0 saturated heterocycles. The lowest BCUT2D eigenvalue weighted by Gasteiger charge is -2.17. The predicted octanol–water partition coefficient (Wildman–Crippen LogP) is 2.63. The van der Waals surface area contributed by atoms with Crippen molar-refractivity contribution in [2.75, 3.05) is 6.61 Å². The van der Waals surface area contributed by atoms with Gasteiger partial charge in [0.1, 0.15) is 5.75 Å². The average Bonchev–Trinajstić information content (AvgIpc) is 2.40. The molecule has 1 unspecified atom stereocenters. The van der Waals surface area contributed by atoms with Crippen LogP contribution in [0.4, 0.5) is 0 Å². The molecule has 0 radical (unpaired) electrons. The molecule has 5 heteroatoms. The van der Waals surface area contributed by atoms with Gasteiger partial charge in [-0.2, -0.15) is 0 Å². The normalized spacial score (nSPS) is 11.7. The third-order valence-corrected chi connectivity index (χ3v) is 2.82. The van der Waals surface area contributed by atoms with Gasteiger partial charge in [-0.05, 0) is 31.0 Å². The number of hydrogen-bond donors (Lipinski definition) is 1. The molecular formula is C15H21NO3S. The summed E-state index contributed by atoms with van der Waals surface area (Å²) < 4.78 is 10.7. The van der Waals surface area contributed by atoms with E-state index in [1.807, 2.05) is 31.2 Å². The van der Waals surface area contributed by atoms with Gasteiger partial charge in [-0.1, -0.05) is 37.7 Å². The zero-order valence-electron chi connectivity index (χ0n) is 11.9. The van der Waals surface area contributed by atoms with Gasteiger partial charge in [0.05, 0.1) is 11.6 Å². The van der Waals surface area contributed by atoms with Crippen LogP contribution in [0.3, 0.4) is 0 Å². The van der Waals surface area contributed by atoms with Gasteiger partial charge in [0.15, 0.2) is 6.10 Å². The molecule has 0 spiro atoms. The van der Waals surface area contributed by atoms with Gasteiger partial charge in [-0.15, -0.1) is 0 Å². The lowest BCUT2D eigenvalue weighted by atomic mass is 10.1. The molecule has 0 aromatic heterocycles. The van der Waals surface area contributed by atoms with Gasteiger partial charge in [0.25, 0.3) is 0 Å². The lowest BCUT2D eigenvalue weighted by Crippen LogP contribution is -2.29. The fourth-order valence-electron chi connectivity index (χ4n) is 1.77. The Morgan fingerprint density at radius 3 is 2.45 bits per heavy atom. The smallest absolute Gasteiger partial charge is 0.347 e. The van der Waals surface area contributed by atoms with Gasteiger partial charge in [0.2, 0.25) is 0 Å². The van der Waals surface area contributed by atoms with Gasteiger partial charge in [0, 0.05) is 6.42 Å². The average molecular weight is 295 g/mol. The largest absolute Gasteiger partial charge is 0.479 e. The zero-order chi connectivity index (χ0) is 15.0. The van der Waals surface area contributed by atoms with Crippen LogP contribution in [0.1, 0.15) is 32.3 Å². The van der Waals surface area contributed by atoms with E-state index in [2.05, 4.69) is 0 Å². The highest BCUT2D eigenvalue weighted by Gasteiger charge is 2.20. The van der Waals surface area contributed by atoms with Crippen LogP contribution in [-0.4, -0.2) is 23.7 Å². The van der Waals surface area contributed by atoms with Crippen molar-refractivity contribution in [3.63, 3.8) is 0 Å². The van der Waals surface area contributed by atoms with Crippen molar-refractivity contribution in [3.05, 3.63) is 29.8 Å². The SMILES string of the molecule is CCCC(Oc1ccc(CC(N)=S)cc1)C(=O)OCC. The van der Waals surface area contributed by atoms with E-state index in [1.165, 1.54) is 0 Å². The molecule has 0 aliphatic heterocycles. The second-order valence-corrected chi connectivity index (χ2v) is 4.96. The number of rotatable bonds is 8. The number of hydrogen-bond acceptors (Lipinski definition) is 4. The fourth-order valence-corrected chi connectivity index (χ4v) is 1.94. The summed E-state index contributed by atoms with van der Waals surface area (Å²) >= 11 is 4.86. The number of carbonyl (C=O) groups is 1. The predicted molar refractivity (Wildman–Crippen MR) is 82.9 cm³/mol. The number of nitrogens with two attached hydrogens (primary N) is 1. The van der Waals surface area contributed by atoms with E-state index < -0.39 is 6.10 Å². The van der Waals surface area contributed by atoms with E-state index in [0.29, 0.717) is 30.2 Å². The summed E-state index contributed by atoms with van der Waals surface area (Å²) in [7, 11) is 0. The molecule has 0 aliphatic carbocycles. The van der Waals surface area contributed by atoms with E-state index in [0.717, 1.165) is 12.0 Å². The molecular weight excluding hydrogens is 274 g/mol. The molecule has 110 valence electrons. The van der Waals surface area contributed by atoms with Crippen molar-refractivity contribution in [1.82, 2.24) is 0 Å². The highest BCUT2D eigenvalue weighted by atomic mass is 32.1. The molecule has 20 heavy (non-hydrogen) atoms. The molecule has 0 fully saturated rings. The van der Waals surface area contributed by atoms with Crippen molar-refractivity contribution >= 4 is 23.2 Å². The number of ether oxygens (including phenoxy) is 2. The Morgan fingerprint density at radius 2 is 1.95 bits per heavy atom. The third-order valence-electron chi connectivity index (χ3n) is 2.68. The standard InChI is InChI=1S/C15H21NO3S/c1-3-5-13(15(17)18-4-2)19-12-8-6-11(7-9-12)10-14(16)20/h6-9,13H,3-5,10H2,1-2H3,(H2,16,20). The van der Waals surface area contributed by atoms with Crippen LogP contribution >= 0.6 is 12.2 Å². The van der Waals surface area contributed by atoms with Crippen molar-refractivity contribution in [1.29, 1.82) is 0 Å². The van der Waals surface area contributed by atoms with Crippen LogP contribution in [0.5, 0.6) is 5.75 Å². The quantitative estimate of drug-likeness (QED) is 0.590. The van der Waals surface area contributed by atoms with E-state index in [4.69, 9.17) is 27.4 Å². The molecule has 1 atom stereocenters. The second kappa shape index (κ2) is 8.53. The summed E-state index contributed by atoms with van der Waals surface area (Å²) in [6.07, 6.45) is 1.49. The Morgan fingerprint density at radius 1 is 1.30 bits per heavy atom. The van der Waals surface area contributed by atoms with Crippen LogP contribution in [0.2, 0.25) is 0 Å². The summed E-state index contributed by atoms with van der Waals surface area (Å²) in [4.78, 5) is 12.2. The number of carbonyl (C=O) groups excluding carboxylic acids is 1. The Kier molecular flexibility index (Phi) is 7.01. The van der Waals surface area contributed by atoms with Crippen LogP contribution in [0.15, 0.2) is 24.3 Å². The Hall–Kier alpha value is -1.62. The molecule has 4 nitrogen and oxygen atoms in total. The zero-order valence-corrected chi connectivity index (χ0v) is 12.7. The first-order valence-corrected chi connectivity index (χ1v) is 7.18.